The maximum absolute atomic E-state index is 9.72. The maximum atomic E-state index is 9.72. The van der Waals surface area contributed by atoms with E-state index in [1.165, 1.54) is 0 Å². The molecule has 4 nitrogen and oxygen atoms in total. The van der Waals surface area contributed by atoms with E-state index in [4.69, 9.17) is 0 Å². The minimum atomic E-state index is -0.740. The zero-order valence-electron chi connectivity index (χ0n) is 8.61. The van der Waals surface area contributed by atoms with E-state index >= 15 is 0 Å². The quantitative estimate of drug-likeness (QED) is 0.498. The van der Waals surface area contributed by atoms with Crippen molar-refractivity contribution >= 4 is 0 Å². The summed E-state index contributed by atoms with van der Waals surface area (Å²) in [7, 11) is 0. The van der Waals surface area contributed by atoms with Gasteiger partial charge in [0.1, 0.15) is 0 Å². The molecule has 0 aromatic rings. The fourth-order valence-corrected chi connectivity index (χ4v) is 2.81. The van der Waals surface area contributed by atoms with Crippen LogP contribution >= 0.6 is 0 Å². The van der Waals surface area contributed by atoms with Gasteiger partial charge in [-0.25, -0.2) is 0 Å². The van der Waals surface area contributed by atoms with E-state index in [0.717, 1.165) is 6.42 Å². The van der Waals surface area contributed by atoms with Crippen LogP contribution in [0.15, 0.2) is 0 Å². The Hall–Kier alpha value is -0.160. The number of aliphatic hydroxyl groups excluding tert-OH is 4. The summed E-state index contributed by atoms with van der Waals surface area (Å²) in [6.45, 7) is 1.05. The Balaban J connectivity index is 3.03. The summed E-state index contributed by atoms with van der Waals surface area (Å²) < 4.78 is 0. The van der Waals surface area contributed by atoms with Crippen LogP contribution in [0.1, 0.15) is 26.2 Å². The molecule has 1 saturated carbocycles. The molecule has 0 bridgehead atoms. The summed E-state index contributed by atoms with van der Waals surface area (Å²) in [4.78, 5) is 0. The highest BCUT2D eigenvalue weighted by molar-refractivity contribution is 5.04. The lowest BCUT2D eigenvalue weighted by molar-refractivity contribution is -0.124. The summed E-state index contributed by atoms with van der Waals surface area (Å²) in [5.74, 6) is 0. The minimum Gasteiger partial charge on any atom is -0.396 e. The molecule has 0 radical (unpaired) electrons. The van der Waals surface area contributed by atoms with Crippen molar-refractivity contribution in [3.8, 4) is 0 Å². The first kappa shape index (κ1) is 11.9. The van der Waals surface area contributed by atoms with E-state index in [1.807, 2.05) is 0 Å². The number of hydrogen-bond acceptors (Lipinski definition) is 4. The van der Waals surface area contributed by atoms with Crippen molar-refractivity contribution in [2.45, 2.75) is 32.3 Å². The van der Waals surface area contributed by atoms with Crippen molar-refractivity contribution in [1.82, 2.24) is 0 Å². The van der Waals surface area contributed by atoms with Crippen molar-refractivity contribution < 1.29 is 20.4 Å². The third-order valence-electron chi connectivity index (χ3n) is 4.02. The Kier molecular flexibility index (Phi) is 3.53. The van der Waals surface area contributed by atoms with Crippen LogP contribution in [0.3, 0.4) is 0 Å². The predicted octanol–water partition coefficient (Wildman–Crippen LogP) is -0.499. The second-order valence-corrected chi connectivity index (χ2v) is 4.44. The van der Waals surface area contributed by atoms with Crippen LogP contribution < -0.4 is 0 Å². The maximum Gasteiger partial charge on any atom is 0.0597 e. The topological polar surface area (TPSA) is 80.9 Å². The van der Waals surface area contributed by atoms with Crippen LogP contribution in [0.5, 0.6) is 0 Å². The molecule has 4 N–H and O–H groups in total. The van der Waals surface area contributed by atoms with Crippen molar-refractivity contribution in [3.63, 3.8) is 0 Å². The molecular weight excluding hydrogens is 184 g/mol. The van der Waals surface area contributed by atoms with Crippen molar-refractivity contribution in [2.24, 2.45) is 10.8 Å². The van der Waals surface area contributed by atoms with Crippen molar-refractivity contribution in [1.29, 1.82) is 0 Å². The monoisotopic (exact) mass is 204 g/mol. The smallest absolute Gasteiger partial charge is 0.0597 e. The lowest BCUT2D eigenvalue weighted by Crippen LogP contribution is -2.52. The van der Waals surface area contributed by atoms with Gasteiger partial charge in [0.15, 0.2) is 0 Å². The van der Waals surface area contributed by atoms with Gasteiger partial charge in [-0.15, -0.1) is 0 Å². The van der Waals surface area contributed by atoms with E-state index in [0.29, 0.717) is 12.8 Å². The summed E-state index contributed by atoms with van der Waals surface area (Å²) in [6.07, 6.45) is 1.43. The Morgan fingerprint density at radius 3 is 1.93 bits per heavy atom. The number of rotatable bonds is 4. The van der Waals surface area contributed by atoms with Gasteiger partial charge in [0.25, 0.3) is 0 Å². The van der Waals surface area contributed by atoms with Crippen LogP contribution in [0.4, 0.5) is 0 Å². The molecule has 1 aliphatic rings. The standard InChI is InChI=1S/C10H20O4/c1-8(14)10(7-13)4-2-3-9(10,5-11)6-12/h8,11-14H,2-7H2,1H3. The van der Waals surface area contributed by atoms with Crippen LogP contribution in [-0.4, -0.2) is 46.4 Å². The SMILES string of the molecule is CC(O)C1(CO)CCCC1(CO)CO. The average Bonchev–Trinajstić information content (AvgIpc) is 2.57. The van der Waals surface area contributed by atoms with E-state index in [9.17, 15) is 20.4 Å². The molecule has 1 rings (SSSR count). The number of hydrogen-bond donors (Lipinski definition) is 4. The molecule has 14 heavy (non-hydrogen) atoms. The molecule has 1 fully saturated rings. The van der Waals surface area contributed by atoms with Gasteiger partial charge in [0.05, 0.1) is 25.9 Å². The molecule has 0 spiro atoms. The molecular formula is C10H20O4. The van der Waals surface area contributed by atoms with Crippen molar-refractivity contribution in [2.75, 3.05) is 19.8 Å². The van der Waals surface area contributed by atoms with Crippen molar-refractivity contribution in [3.05, 3.63) is 0 Å². The van der Waals surface area contributed by atoms with Gasteiger partial charge in [-0.2, -0.15) is 0 Å². The van der Waals surface area contributed by atoms with Crippen LogP contribution in [-0.2, 0) is 0 Å². The third-order valence-corrected chi connectivity index (χ3v) is 4.02. The summed E-state index contributed by atoms with van der Waals surface area (Å²) in [5, 5.41) is 37.8. The molecule has 84 valence electrons. The predicted molar refractivity (Wildman–Crippen MR) is 51.7 cm³/mol. The Labute approximate surface area is 84.2 Å². The first-order valence-corrected chi connectivity index (χ1v) is 5.09. The van der Waals surface area contributed by atoms with Gasteiger partial charge in [0, 0.05) is 10.8 Å². The zero-order valence-corrected chi connectivity index (χ0v) is 8.61. The highest BCUT2D eigenvalue weighted by Crippen LogP contribution is 2.54. The summed E-state index contributed by atoms with van der Waals surface area (Å²) >= 11 is 0. The highest BCUT2D eigenvalue weighted by atomic mass is 16.3. The Morgan fingerprint density at radius 2 is 1.64 bits per heavy atom. The largest absolute Gasteiger partial charge is 0.396 e. The third kappa shape index (κ3) is 1.37. The van der Waals surface area contributed by atoms with Gasteiger partial charge < -0.3 is 20.4 Å². The van der Waals surface area contributed by atoms with Gasteiger partial charge in [-0.1, -0.05) is 6.42 Å². The molecule has 2 atom stereocenters. The first-order chi connectivity index (χ1) is 6.58. The minimum absolute atomic E-state index is 0.186. The fraction of sp³-hybridized carbons (Fsp3) is 1.00. The van der Waals surface area contributed by atoms with E-state index in [-0.39, 0.29) is 19.8 Å². The van der Waals surface area contributed by atoms with E-state index < -0.39 is 16.9 Å². The van der Waals surface area contributed by atoms with Crippen LogP contribution in [0.25, 0.3) is 0 Å². The lowest BCUT2D eigenvalue weighted by atomic mass is 9.64. The Bertz CT molecular complexity index is 189. The normalized spacial score (nSPS) is 33.2. The molecule has 0 aliphatic heterocycles. The first-order valence-electron chi connectivity index (χ1n) is 5.09. The second kappa shape index (κ2) is 4.14. The molecule has 0 aromatic heterocycles. The van der Waals surface area contributed by atoms with Gasteiger partial charge in [-0.3, -0.25) is 0 Å². The summed E-state index contributed by atoms with van der Waals surface area (Å²) in [5.41, 5.74) is -1.47. The molecule has 0 aromatic carbocycles. The average molecular weight is 204 g/mol. The van der Waals surface area contributed by atoms with Gasteiger partial charge in [-0.05, 0) is 19.8 Å². The molecule has 2 unspecified atom stereocenters. The van der Waals surface area contributed by atoms with E-state index in [1.54, 1.807) is 6.92 Å². The fourth-order valence-electron chi connectivity index (χ4n) is 2.81. The van der Waals surface area contributed by atoms with E-state index in [2.05, 4.69) is 0 Å². The van der Waals surface area contributed by atoms with Gasteiger partial charge in [0.2, 0.25) is 0 Å². The molecule has 0 saturated heterocycles. The van der Waals surface area contributed by atoms with Crippen LogP contribution in [0.2, 0.25) is 0 Å². The Morgan fingerprint density at radius 1 is 1.07 bits per heavy atom. The summed E-state index contributed by atoms with van der Waals surface area (Å²) in [6, 6.07) is 0. The zero-order chi connectivity index (χ0) is 10.8. The van der Waals surface area contributed by atoms with Crippen LogP contribution in [0, 0.1) is 10.8 Å². The van der Waals surface area contributed by atoms with Gasteiger partial charge >= 0.3 is 0 Å². The molecule has 0 heterocycles. The lowest BCUT2D eigenvalue weighted by Gasteiger charge is -2.45. The molecule has 4 heteroatoms. The molecule has 1 aliphatic carbocycles. The highest BCUT2D eigenvalue weighted by Gasteiger charge is 2.56. The number of aliphatic hydroxyl groups is 4. The molecule has 0 amide bonds. The second-order valence-electron chi connectivity index (χ2n) is 4.44.